The summed E-state index contributed by atoms with van der Waals surface area (Å²) in [5, 5.41) is 8.50. The van der Waals surface area contributed by atoms with Crippen LogP contribution in [0.3, 0.4) is 0 Å². The molecule has 1 aromatic carbocycles. The number of ketones is 1. The van der Waals surface area contributed by atoms with Crippen molar-refractivity contribution in [2.24, 2.45) is 5.84 Å². The Morgan fingerprint density at radius 2 is 1.67 bits per heavy atom. The van der Waals surface area contributed by atoms with Crippen LogP contribution in [0.4, 0.5) is 0 Å². The average Bonchev–Trinajstić information content (AvgIpc) is 2.27. The Balaban J connectivity index is 3.23. The van der Waals surface area contributed by atoms with Crippen LogP contribution < -0.4 is 11.3 Å². The average molecular weight is 208 g/mol. The predicted octanol–water partition coefficient (Wildman–Crippen LogP) is -0.443. The highest BCUT2D eigenvalue weighted by atomic mass is 16.4. The second-order valence-electron chi connectivity index (χ2n) is 2.65. The molecule has 4 N–H and O–H groups in total. The summed E-state index contributed by atoms with van der Waals surface area (Å²) >= 11 is 0. The van der Waals surface area contributed by atoms with Gasteiger partial charge in [0.05, 0.1) is 5.56 Å². The number of rotatable bonds is 3. The Bertz CT molecular complexity index is 428. The number of Topliss-reactive ketones (excluding diaryl/α,β-unsaturated/α-hetero) is 1. The van der Waals surface area contributed by atoms with E-state index in [9.17, 15) is 14.4 Å². The van der Waals surface area contributed by atoms with Gasteiger partial charge in [-0.15, -0.1) is 0 Å². The van der Waals surface area contributed by atoms with Crippen molar-refractivity contribution in [3.63, 3.8) is 0 Å². The SMILES string of the molecule is NNC(=O)c1ccccc1C(=O)C(=O)O. The molecule has 0 unspecified atom stereocenters. The first-order valence-corrected chi connectivity index (χ1v) is 3.95. The van der Waals surface area contributed by atoms with Gasteiger partial charge in [0.1, 0.15) is 0 Å². The van der Waals surface area contributed by atoms with Crippen LogP contribution in [0, 0.1) is 0 Å². The molecular weight excluding hydrogens is 200 g/mol. The van der Waals surface area contributed by atoms with Gasteiger partial charge in [0.2, 0.25) is 0 Å². The van der Waals surface area contributed by atoms with E-state index in [1.807, 2.05) is 5.43 Å². The van der Waals surface area contributed by atoms with Gasteiger partial charge >= 0.3 is 5.97 Å². The first-order chi connectivity index (χ1) is 7.07. The lowest BCUT2D eigenvalue weighted by Crippen LogP contribution is -2.32. The number of carboxylic acid groups (broad SMARTS) is 1. The quantitative estimate of drug-likeness (QED) is 0.205. The monoisotopic (exact) mass is 208 g/mol. The molecular formula is C9H8N2O4. The minimum absolute atomic E-state index is 0.0626. The van der Waals surface area contributed by atoms with Crippen LogP contribution in [-0.2, 0) is 4.79 Å². The van der Waals surface area contributed by atoms with Crippen molar-refractivity contribution in [2.45, 2.75) is 0 Å². The molecule has 1 amide bonds. The second kappa shape index (κ2) is 4.34. The fourth-order valence-corrected chi connectivity index (χ4v) is 1.07. The van der Waals surface area contributed by atoms with Gasteiger partial charge in [-0.3, -0.25) is 15.0 Å². The minimum Gasteiger partial charge on any atom is -0.475 e. The van der Waals surface area contributed by atoms with E-state index in [1.165, 1.54) is 24.3 Å². The normalized spacial score (nSPS) is 9.40. The molecule has 0 bridgehead atoms. The molecule has 0 saturated carbocycles. The first-order valence-electron chi connectivity index (χ1n) is 3.95. The summed E-state index contributed by atoms with van der Waals surface area (Å²) in [6.07, 6.45) is 0. The molecule has 1 rings (SSSR count). The number of hydrogen-bond donors (Lipinski definition) is 3. The lowest BCUT2D eigenvalue weighted by Gasteiger charge is -2.04. The lowest BCUT2D eigenvalue weighted by molar-refractivity contribution is -0.131. The molecule has 0 spiro atoms. The maximum absolute atomic E-state index is 11.2. The number of aliphatic carboxylic acids is 1. The Kier molecular flexibility index (Phi) is 3.14. The second-order valence-corrected chi connectivity index (χ2v) is 2.65. The molecule has 78 valence electrons. The Labute approximate surface area is 84.7 Å². The van der Waals surface area contributed by atoms with E-state index in [1.54, 1.807) is 0 Å². The first kappa shape index (κ1) is 10.9. The van der Waals surface area contributed by atoms with Crippen LogP contribution in [0.15, 0.2) is 24.3 Å². The number of nitrogens with one attached hydrogen (secondary N) is 1. The van der Waals surface area contributed by atoms with Crippen molar-refractivity contribution in [2.75, 3.05) is 0 Å². The van der Waals surface area contributed by atoms with Crippen LogP contribution in [0.5, 0.6) is 0 Å². The van der Waals surface area contributed by atoms with Gasteiger partial charge in [0, 0.05) is 5.56 Å². The van der Waals surface area contributed by atoms with E-state index in [0.717, 1.165) is 0 Å². The van der Waals surface area contributed by atoms with E-state index in [2.05, 4.69) is 0 Å². The van der Waals surface area contributed by atoms with Crippen LogP contribution in [0.2, 0.25) is 0 Å². The molecule has 0 aliphatic heterocycles. The summed E-state index contributed by atoms with van der Waals surface area (Å²) in [7, 11) is 0. The van der Waals surface area contributed by atoms with Crippen LogP contribution in [-0.4, -0.2) is 22.8 Å². The van der Waals surface area contributed by atoms with Crippen LogP contribution in [0.25, 0.3) is 0 Å². The molecule has 0 radical (unpaired) electrons. The topological polar surface area (TPSA) is 109 Å². The van der Waals surface area contributed by atoms with Crippen molar-refractivity contribution >= 4 is 17.7 Å². The summed E-state index contributed by atoms with van der Waals surface area (Å²) in [6.45, 7) is 0. The van der Waals surface area contributed by atoms with Gasteiger partial charge in [-0.05, 0) is 12.1 Å². The number of carbonyl (C=O) groups excluding carboxylic acids is 2. The molecule has 6 heteroatoms. The van der Waals surface area contributed by atoms with E-state index in [4.69, 9.17) is 10.9 Å². The zero-order valence-electron chi connectivity index (χ0n) is 7.56. The van der Waals surface area contributed by atoms with Gasteiger partial charge < -0.3 is 5.11 Å². The summed E-state index contributed by atoms with van der Waals surface area (Å²) in [5.41, 5.74) is 1.58. The van der Waals surface area contributed by atoms with Crippen molar-refractivity contribution in [1.82, 2.24) is 5.43 Å². The van der Waals surface area contributed by atoms with Crippen molar-refractivity contribution in [1.29, 1.82) is 0 Å². The number of hydrogen-bond acceptors (Lipinski definition) is 4. The molecule has 0 atom stereocenters. The molecule has 0 aliphatic rings. The molecule has 0 saturated heterocycles. The highest BCUT2D eigenvalue weighted by Crippen LogP contribution is 2.09. The van der Waals surface area contributed by atoms with Gasteiger partial charge in [-0.1, -0.05) is 12.1 Å². The Hall–Kier alpha value is -2.21. The number of nitrogens with two attached hydrogens (primary N) is 1. The highest BCUT2D eigenvalue weighted by Gasteiger charge is 2.20. The Morgan fingerprint density at radius 3 is 2.13 bits per heavy atom. The van der Waals surface area contributed by atoms with Crippen molar-refractivity contribution < 1.29 is 19.5 Å². The number of carbonyl (C=O) groups is 3. The molecule has 0 fully saturated rings. The minimum atomic E-state index is -1.62. The molecule has 6 nitrogen and oxygen atoms in total. The molecule has 0 aliphatic carbocycles. The molecule has 0 heterocycles. The highest BCUT2D eigenvalue weighted by molar-refractivity contribution is 6.41. The van der Waals surface area contributed by atoms with Crippen molar-refractivity contribution in [3.05, 3.63) is 35.4 Å². The maximum atomic E-state index is 11.2. The van der Waals surface area contributed by atoms with Crippen molar-refractivity contribution in [3.8, 4) is 0 Å². The van der Waals surface area contributed by atoms with Crippen LogP contribution in [0.1, 0.15) is 20.7 Å². The fourth-order valence-electron chi connectivity index (χ4n) is 1.07. The number of benzene rings is 1. The third kappa shape index (κ3) is 2.18. The largest absolute Gasteiger partial charge is 0.475 e. The molecule has 1 aromatic rings. The number of hydrazine groups is 1. The smallest absolute Gasteiger partial charge is 0.377 e. The third-order valence-corrected chi connectivity index (χ3v) is 1.74. The van der Waals surface area contributed by atoms with E-state index in [-0.39, 0.29) is 11.1 Å². The summed E-state index contributed by atoms with van der Waals surface area (Å²) < 4.78 is 0. The van der Waals surface area contributed by atoms with Gasteiger partial charge in [-0.25, -0.2) is 10.6 Å². The van der Waals surface area contributed by atoms with Crippen LogP contribution >= 0.6 is 0 Å². The summed E-state index contributed by atoms with van der Waals surface area (Å²) in [5.74, 6) is 1.42. The number of amides is 1. The zero-order valence-corrected chi connectivity index (χ0v) is 7.56. The van der Waals surface area contributed by atoms with Gasteiger partial charge in [0.25, 0.3) is 11.7 Å². The standard InChI is InChI=1S/C9H8N2O4/c10-11-8(13)6-4-2-1-3-5(6)7(12)9(14)15/h1-4H,10H2,(H,11,13)(H,14,15). The van der Waals surface area contributed by atoms with E-state index < -0.39 is 17.7 Å². The lowest BCUT2D eigenvalue weighted by atomic mass is 10.0. The molecule has 0 aromatic heterocycles. The molecule has 15 heavy (non-hydrogen) atoms. The van der Waals surface area contributed by atoms with Gasteiger partial charge in [0.15, 0.2) is 0 Å². The fraction of sp³-hybridized carbons (Fsp3) is 0. The predicted molar refractivity (Wildman–Crippen MR) is 50.1 cm³/mol. The maximum Gasteiger partial charge on any atom is 0.377 e. The van der Waals surface area contributed by atoms with E-state index in [0.29, 0.717) is 0 Å². The number of nitrogen functional groups attached to an aromatic ring is 1. The Morgan fingerprint density at radius 1 is 1.13 bits per heavy atom. The van der Waals surface area contributed by atoms with E-state index >= 15 is 0 Å². The zero-order chi connectivity index (χ0) is 11.4. The summed E-state index contributed by atoms with van der Waals surface area (Å²) in [4.78, 5) is 32.8. The van der Waals surface area contributed by atoms with Gasteiger partial charge in [-0.2, -0.15) is 0 Å². The third-order valence-electron chi connectivity index (χ3n) is 1.74. The number of carboxylic acids is 1. The summed E-state index contributed by atoms with van der Waals surface area (Å²) in [6, 6.07) is 5.53.